The van der Waals surface area contributed by atoms with Gasteiger partial charge in [-0.3, -0.25) is 0 Å². The largest absolute Gasteiger partial charge is 0.495 e. The normalized spacial score (nSPS) is 8.73. The van der Waals surface area contributed by atoms with Crippen LogP contribution in [0.4, 0.5) is 5.69 Å². The Morgan fingerprint density at radius 3 is 2.80 bits per heavy atom. The highest BCUT2D eigenvalue weighted by Crippen LogP contribution is 2.27. The summed E-state index contributed by atoms with van der Waals surface area (Å²) in [5, 5.41) is 20.3. The van der Waals surface area contributed by atoms with Crippen molar-refractivity contribution < 1.29 is 4.74 Å². The van der Waals surface area contributed by atoms with E-state index in [1.807, 2.05) is 6.07 Å². The number of hydrogen-bond donors (Lipinski definition) is 1. The smallest absolute Gasteiger partial charge is 0.143 e. The van der Waals surface area contributed by atoms with E-state index in [9.17, 15) is 0 Å². The molecule has 1 rings (SSSR count). The number of benzene rings is 1. The molecule has 1 aromatic rings. The molecule has 1 N–H and O–H groups in total. The number of nitrogens with one attached hydrogen (secondary N) is 1. The first-order valence-electron chi connectivity index (χ1n) is 4.51. The maximum Gasteiger partial charge on any atom is 0.143 e. The highest BCUT2D eigenvalue weighted by molar-refractivity contribution is 5.66. The van der Waals surface area contributed by atoms with Gasteiger partial charge in [0.1, 0.15) is 11.8 Å². The van der Waals surface area contributed by atoms with E-state index in [2.05, 4.69) is 11.4 Å². The Hall–Kier alpha value is -2.20. The Morgan fingerprint density at radius 1 is 1.40 bits per heavy atom. The van der Waals surface area contributed by atoms with E-state index in [0.29, 0.717) is 30.0 Å². The minimum absolute atomic E-state index is 0.392. The second-order valence-electron chi connectivity index (χ2n) is 2.83. The van der Waals surface area contributed by atoms with Crippen LogP contribution in [0.15, 0.2) is 18.2 Å². The summed E-state index contributed by atoms with van der Waals surface area (Å²) in [5.41, 5.74) is 1.17. The first-order valence-corrected chi connectivity index (χ1v) is 4.51. The van der Waals surface area contributed by atoms with Crippen LogP contribution in [0, 0.1) is 22.7 Å². The highest BCUT2D eigenvalue weighted by Gasteiger charge is 2.07. The van der Waals surface area contributed by atoms with Crippen molar-refractivity contribution in [1.29, 1.82) is 10.5 Å². The lowest BCUT2D eigenvalue weighted by Crippen LogP contribution is -2.04. The number of methoxy groups -OCH3 is 1. The van der Waals surface area contributed by atoms with E-state index in [-0.39, 0.29) is 0 Å². The van der Waals surface area contributed by atoms with Crippen LogP contribution in [-0.4, -0.2) is 13.7 Å². The second kappa shape index (κ2) is 5.51. The fourth-order valence-corrected chi connectivity index (χ4v) is 1.22. The molecule has 0 aromatic heterocycles. The lowest BCUT2D eigenvalue weighted by Gasteiger charge is -2.10. The van der Waals surface area contributed by atoms with Crippen molar-refractivity contribution in [2.24, 2.45) is 0 Å². The molecule has 0 saturated heterocycles. The van der Waals surface area contributed by atoms with Crippen LogP contribution < -0.4 is 10.1 Å². The van der Waals surface area contributed by atoms with E-state index in [4.69, 9.17) is 15.3 Å². The summed E-state index contributed by atoms with van der Waals surface area (Å²) in [5.74, 6) is 0.618. The van der Waals surface area contributed by atoms with Gasteiger partial charge in [0.2, 0.25) is 0 Å². The molecule has 0 heterocycles. The quantitative estimate of drug-likeness (QED) is 0.755. The first kappa shape index (κ1) is 10.9. The minimum atomic E-state index is 0.392. The van der Waals surface area contributed by atoms with Gasteiger partial charge in [-0.2, -0.15) is 10.5 Å². The molecule has 1 aromatic carbocycles. The van der Waals surface area contributed by atoms with Gasteiger partial charge >= 0.3 is 0 Å². The number of para-hydroxylation sites is 1. The molecule has 15 heavy (non-hydrogen) atoms. The maximum atomic E-state index is 8.88. The number of ether oxygens (including phenoxy) is 1. The Labute approximate surface area is 88.7 Å². The molecule has 0 fully saturated rings. The molecule has 0 spiro atoms. The SMILES string of the molecule is COc1cccc(C#N)c1NCCC#N. The fraction of sp³-hybridized carbons (Fsp3) is 0.273. The molecular formula is C11H11N3O. The van der Waals surface area contributed by atoms with Crippen LogP contribution in [0.1, 0.15) is 12.0 Å². The zero-order valence-electron chi connectivity index (χ0n) is 8.45. The Kier molecular flexibility index (Phi) is 4.00. The fourth-order valence-electron chi connectivity index (χ4n) is 1.22. The minimum Gasteiger partial charge on any atom is -0.495 e. The molecule has 4 nitrogen and oxygen atoms in total. The molecule has 0 amide bonds. The molecule has 0 aliphatic rings. The number of nitrogens with zero attached hydrogens (tertiary/aromatic N) is 2. The molecule has 76 valence electrons. The molecule has 0 bridgehead atoms. The zero-order valence-corrected chi connectivity index (χ0v) is 8.45. The third-order valence-corrected chi connectivity index (χ3v) is 1.91. The van der Waals surface area contributed by atoms with Crippen LogP contribution in [0.2, 0.25) is 0 Å². The molecule has 0 aliphatic carbocycles. The summed E-state index contributed by atoms with van der Waals surface area (Å²) in [6.07, 6.45) is 0.392. The van der Waals surface area contributed by atoms with Crippen LogP contribution in [0.25, 0.3) is 0 Å². The van der Waals surface area contributed by atoms with Gasteiger partial charge in [-0.05, 0) is 12.1 Å². The molecule has 0 unspecified atom stereocenters. The van der Waals surface area contributed by atoms with E-state index in [1.165, 1.54) is 0 Å². The number of rotatable bonds is 4. The summed E-state index contributed by atoms with van der Waals surface area (Å²) in [4.78, 5) is 0. The van der Waals surface area contributed by atoms with Crippen molar-refractivity contribution in [3.63, 3.8) is 0 Å². The van der Waals surface area contributed by atoms with E-state index < -0.39 is 0 Å². The van der Waals surface area contributed by atoms with Crippen LogP contribution >= 0.6 is 0 Å². The number of hydrogen-bond acceptors (Lipinski definition) is 4. The van der Waals surface area contributed by atoms with Crippen molar-refractivity contribution in [2.75, 3.05) is 19.0 Å². The summed E-state index contributed by atoms with van der Waals surface area (Å²) in [6, 6.07) is 9.33. The van der Waals surface area contributed by atoms with Crippen molar-refractivity contribution in [3.05, 3.63) is 23.8 Å². The Morgan fingerprint density at radius 2 is 2.20 bits per heavy atom. The first-order chi connectivity index (χ1) is 7.33. The third-order valence-electron chi connectivity index (χ3n) is 1.91. The van der Waals surface area contributed by atoms with Gasteiger partial charge < -0.3 is 10.1 Å². The summed E-state index contributed by atoms with van der Waals surface area (Å²) < 4.78 is 5.12. The molecule has 0 aliphatic heterocycles. The molecule has 4 heteroatoms. The molecule has 0 radical (unpaired) electrons. The predicted octanol–water partition coefficient (Wildman–Crippen LogP) is 1.89. The van der Waals surface area contributed by atoms with Gasteiger partial charge in [0.15, 0.2) is 0 Å². The second-order valence-corrected chi connectivity index (χ2v) is 2.83. The average Bonchev–Trinajstić information content (AvgIpc) is 2.29. The lowest BCUT2D eigenvalue weighted by atomic mass is 10.1. The molecular weight excluding hydrogens is 190 g/mol. The van der Waals surface area contributed by atoms with Gasteiger partial charge in [0.05, 0.1) is 30.9 Å². The summed E-state index contributed by atoms with van der Waals surface area (Å²) in [6.45, 7) is 0.506. The molecule has 0 saturated carbocycles. The maximum absolute atomic E-state index is 8.88. The summed E-state index contributed by atoms with van der Waals surface area (Å²) >= 11 is 0. The van der Waals surface area contributed by atoms with E-state index in [1.54, 1.807) is 25.3 Å². The van der Waals surface area contributed by atoms with E-state index >= 15 is 0 Å². The number of anilines is 1. The topological polar surface area (TPSA) is 68.8 Å². The Balaban J connectivity index is 2.92. The van der Waals surface area contributed by atoms with Crippen molar-refractivity contribution in [3.8, 4) is 17.9 Å². The van der Waals surface area contributed by atoms with Crippen molar-refractivity contribution in [2.45, 2.75) is 6.42 Å². The highest BCUT2D eigenvalue weighted by atomic mass is 16.5. The van der Waals surface area contributed by atoms with Crippen LogP contribution in [0.5, 0.6) is 5.75 Å². The van der Waals surface area contributed by atoms with Gasteiger partial charge in [-0.25, -0.2) is 0 Å². The predicted molar refractivity (Wildman–Crippen MR) is 56.4 cm³/mol. The summed E-state index contributed by atoms with van der Waals surface area (Å²) in [7, 11) is 1.55. The molecule has 0 atom stereocenters. The van der Waals surface area contributed by atoms with Gasteiger partial charge in [0, 0.05) is 6.54 Å². The van der Waals surface area contributed by atoms with Gasteiger partial charge in [0.25, 0.3) is 0 Å². The lowest BCUT2D eigenvalue weighted by molar-refractivity contribution is 0.416. The third kappa shape index (κ3) is 2.62. The van der Waals surface area contributed by atoms with Crippen LogP contribution in [-0.2, 0) is 0 Å². The van der Waals surface area contributed by atoms with Crippen molar-refractivity contribution >= 4 is 5.69 Å². The van der Waals surface area contributed by atoms with Gasteiger partial charge in [-0.15, -0.1) is 0 Å². The number of nitriles is 2. The Bertz CT molecular complexity index is 415. The monoisotopic (exact) mass is 201 g/mol. The van der Waals surface area contributed by atoms with Crippen LogP contribution in [0.3, 0.4) is 0 Å². The van der Waals surface area contributed by atoms with E-state index in [0.717, 1.165) is 0 Å². The van der Waals surface area contributed by atoms with Gasteiger partial charge in [-0.1, -0.05) is 6.07 Å². The standard InChI is InChI=1S/C11H11N3O/c1-15-10-5-2-4-9(8-13)11(10)14-7-3-6-12/h2,4-5,14H,3,7H2,1H3. The average molecular weight is 201 g/mol. The zero-order chi connectivity index (χ0) is 11.1. The van der Waals surface area contributed by atoms with Crippen molar-refractivity contribution in [1.82, 2.24) is 0 Å².